The first-order valence-corrected chi connectivity index (χ1v) is 8.31. The van der Waals surface area contributed by atoms with Crippen LogP contribution in [0.15, 0.2) is 23.1 Å². The van der Waals surface area contributed by atoms with Crippen molar-refractivity contribution in [3.63, 3.8) is 0 Å². The van der Waals surface area contributed by atoms with Gasteiger partial charge in [-0.1, -0.05) is 13.0 Å². The Morgan fingerprint density at radius 2 is 2.05 bits per heavy atom. The minimum absolute atomic E-state index is 0.150. The van der Waals surface area contributed by atoms with Crippen molar-refractivity contribution in [3.05, 3.63) is 28.3 Å². The summed E-state index contributed by atoms with van der Waals surface area (Å²) in [7, 11) is -2.39. The first kappa shape index (κ1) is 15.7. The number of nitrogens with zero attached hydrogens (tertiary/aromatic N) is 1. The van der Waals surface area contributed by atoms with E-state index >= 15 is 0 Å². The lowest BCUT2D eigenvalue weighted by Crippen LogP contribution is -2.33. The highest BCUT2D eigenvalue weighted by molar-refractivity contribution is 7.89. The van der Waals surface area contributed by atoms with E-state index < -0.39 is 20.6 Å². The van der Waals surface area contributed by atoms with Gasteiger partial charge in [0.2, 0.25) is 10.0 Å². The average molecular weight is 313 g/mol. The highest BCUT2D eigenvalue weighted by Crippen LogP contribution is 2.33. The maximum absolute atomic E-state index is 12.4. The maximum atomic E-state index is 12.4. The van der Waals surface area contributed by atoms with Gasteiger partial charge in [0.1, 0.15) is 5.69 Å². The molecule has 0 aliphatic heterocycles. The SMILES string of the molecule is CNc1cccc(S(=O)(=O)NC2CCC(C)C2)c1[N+](=O)[O-]. The molecule has 8 heteroatoms. The molecule has 1 aliphatic rings. The standard InChI is InChI=1S/C13H19N3O4S/c1-9-6-7-10(8-9)15-21(19,20)12-5-3-4-11(14-2)13(12)16(17)18/h3-5,9-10,14-15H,6-8H2,1-2H3. The molecule has 2 atom stereocenters. The molecule has 1 aliphatic carbocycles. The van der Waals surface area contributed by atoms with Gasteiger partial charge in [-0.3, -0.25) is 10.1 Å². The minimum atomic E-state index is -3.91. The fraction of sp³-hybridized carbons (Fsp3) is 0.538. The molecule has 1 fully saturated rings. The van der Waals surface area contributed by atoms with Gasteiger partial charge in [0.05, 0.1) is 4.92 Å². The summed E-state index contributed by atoms with van der Waals surface area (Å²) >= 11 is 0. The lowest BCUT2D eigenvalue weighted by molar-refractivity contribution is -0.386. The highest BCUT2D eigenvalue weighted by Gasteiger charge is 2.32. The normalized spacial score (nSPS) is 22.2. The Hall–Kier alpha value is -1.67. The number of anilines is 1. The van der Waals surface area contributed by atoms with Gasteiger partial charge in [0, 0.05) is 13.1 Å². The molecular weight excluding hydrogens is 294 g/mol. The van der Waals surface area contributed by atoms with Crippen molar-refractivity contribution in [1.82, 2.24) is 4.72 Å². The predicted octanol–water partition coefficient (Wildman–Crippen LogP) is 2.10. The molecule has 0 bridgehead atoms. The molecule has 0 heterocycles. The van der Waals surface area contributed by atoms with Gasteiger partial charge in [-0.15, -0.1) is 0 Å². The Kier molecular flexibility index (Phi) is 4.48. The van der Waals surface area contributed by atoms with Crippen LogP contribution in [0, 0.1) is 16.0 Å². The Bertz CT molecular complexity index is 645. The van der Waals surface area contributed by atoms with Gasteiger partial charge in [-0.05, 0) is 37.3 Å². The maximum Gasteiger partial charge on any atom is 0.312 e. The van der Waals surface area contributed by atoms with Crippen LogP contribution >= 0.6 is 0 Å². The Labute approximate surface area is 123 Å². The van der Waals surface area contributed by atoms with Gasteiger partial charge in [-0.25, -0.2) is 13.1 Å². The second-order valence-electron chi connectivity index (χ2n) is 5.40. The highest BCUT2D eigenvalue weighted by atomic mass is 32.2. The molecule has 2 N–H and O–H groups in total. The van der Waals surface area contributed by atoms with E-state index in [2.05, 4.69) is 17.0 Å². The van der Waals surface area contributed by atoms with Crippen molar-refractivity contribution in [2.24, 2.45) is 5.92 Å². The van der Waals surface area contributed by atoms with E-state index in [1.807, 2.05) is 0 Å². The molecule has 2 unspecified atom stereocenters. The number of sulfonamides is 1. The zero-order chi connectivity index (χ0) is 15.6. The molecule has 0 spiro atoms. The number of benzene rings is 1. The van der Waals surface area contributed by atoms with Crippen molar-refractivity contribution >= 4 is 21.4 Å². The molecule has 1 aromatic carbocycles. The van der Waals surface area contributed by atoms with E-state index in [1.54, 1.807) is 0 Å². The minimum Gasteiger partial charge on any atom is -0.383 e. The topological polar surface area (TPSA) is 101 Å². The van der Waals surface area contributed by atoms with Crippen LogP contribution in [0.1, 0.15) is 26.2 Å². The van der Waals surface area contributed by atoms with Crippen molar-refractivity contribution in [1.29, 1.82) is 0 Å². The van der Waals surface area contributed by atoms with E-state index in [0.29, 0.717) is 5.92 Å². The first-order chi connectivity index (χ1) is 9.85. The lowest BCUT2D eigenvalue weighted by Gasteiger charge is -2.14. The second kappa shape index (κ2) is 5.98. The molecule has 21 heavy (non-hydrogen) atoms. The number of nitro groups is 1. The number of nitro benzene ring substituents is 1. The largest absolute Gasteiger partial charge is 0.383 e. The van der Waals surface area contributed by atoms with Crippen molar-refractivity contribution in [2.75, 3.05) is 12.4 Å². The van der Waals surface area contributed by atoms with Gasteiger partial charge in [-0.2, -0.15) is 0 Å². The van der Waals surface area contributed by atoms with Crippen molar-refractivity contribution in [3.8, 4) is 0 Å². The first-order valence-electron chi connectivity index (χ1n) is 6.82. The molecule has 7 nitrogen and oxygen atoms in total. The monoisotopic (exact) mass is 313 g/mol. The van der Waals surface area contributed by atoms with E-state index in [1.165, 1.54) is 25.2 Å². The van der Waals surface area contributed by atoms with Crippen LogP contribution in [0.2, 0.25) is 0 Å². The summed E-state index contributed by atoms with van der Waals surface area (Å²) in [6, 6.07) is 4.09. The summed E-state index contributed by atoms with van der Waals surface area (Å²) in [6.07, 6.45) is 2.49. The Balaban J connectivity index is 2.38. The quantitative estimate of drug-likeness (QED) is 0.640. The van der Waals surface area contributed by atoms with Crippen molar-refractivity contribution < 1.29 is 13.3 Å². The number of para-hydroxylation sites is 1. The molecular formula is C13H19N3O4S. The van der Waals surface area contributed by atoms with Crippen molar-refractivity contribution in [2.45, 2.75) is 37.1 Å². The van der Waals surface area contributed by atoms with Gasteiger partial charge in [0.25, 0.3) is 0 Å². The summed E-state index contributed by atoms with van der Waals surface area (Å²) in [5.74, 6) is 0.469. The third kappa shape index (κ3) is 3.33. The molecule has 0 amide bonds. The predicted molar refractivity (Wildman–Crippen MR) is 79.8 cm³/mol. The van der Waals surface area contributed by atoms with Crippen LogP contribution in [0.3, 0.4) is 0 Å². The van der Waals surface area contributed by atoms with Crippen LogP contribution in [0.4, 0.5) is 11.4 Å². The van der Waals surface area contributed by atoms with Crippen LogP contribution in [0.5, 0.6) is 0 Å². The van der Waals surface area contributed by atoms with Crippen LogP contribution in [-0.4, -0.2) is 26.4 Å². The van der Waals surface area contributed by atoms with Gasteiger partial charge in [0.15, 0.2) is 4.90 Å². The molecule has 0 aromatic heterocycles. The smallest absolute Gasteiger partial charge is 0.312 e. The number of rotatable bonds is 5. The number of nitrogens with one attached hydrogen (secondary N) is 2. The van der Waals surface area contributed by atoms with Gasteiger partial charge >= 0.3 is 5.69 Å². The summed E-state index contributed by atoms with van der Waals surface area (Å²) in [6.45, 7) is 2.07. The zero-order valence-corrected chi connectivity index (χ0v) is 12.8. The van der Waals surface area contributed by atoms with Crippen LogP contribution < -0.4 is 10.0 Å². The molecule has 0 radical (unpaired) electrons. The fourth-order valence-electron chi connectivity index (χ4n) is 2.73. The molecule has 1 aromatic rings. The van der Waals surface area contributed by atoms with Crippen LogP contribution in [-0.2, 0) is 10.0 Å². The molecule has 0 saturated heterocycles. The summed E-state index contributed by atoms with van der Waals surface area (Å²) < 4.78 is 27.5. The van der Waals surface area contributed by atoms with Crippen LogP contribution in [0.25, 0.3) is 0 Å². The number of hydrogen-bond acceptors (Lipinski definition) is 5. The third-order valence-electron chi connectivity index (χ3n) is 3.76. The Morgan fingerprint density at radius 3 is 2.57 bits per heavy atom. The fourth-order valence-corrected chi connectivity index (χ4v) is 4.20. The summed E-state index contributed by atoms with van der Waals surface area (Å²) in [5, 5.41) is 13.9. The zero-order valence-electron chi connectivity index (χ0n) is 12.0. The number of hydrogen-bond donors (Lipinski definition) is 2. The van der Waals surface area contributed by atoms with E-state index in [-0.39, 0.29) is 16.6 Å². The molecule has 1 saturated carbocycles. The molecule has 2 rings (SSSR count). The Morgan fingerprint density at radius 1 is 1.33 bits per heavy atom. The van der Waals surface area contributed by atoms with E-state index in [4.69, 9.17) is 0 Å². The van der Waals surface area contributed by atoms with E-state index in [9.17, 15) is 18.5 Å². The second-order valence-corrected chi connectivity index (χ2v) is 7.08. The van der Waals surface area contributed by atoms with Gasteiger partial charge < -0.3 is 5.32 Å². The third-order valence-corrected chi connectivity index (χ3v) is 5.31. The molecule has 116 valence electrons. The summed E-state index contributed by atoms with van der Waals surface area (Å²) in [5.41, 5.74) is -0.235. The van der Waals surface area contributed by atoms with E-state index in [0.717, 1.165) is 19.3 Å². The average Bonchev–Trinajstić information content (AvgIpc) is 2.82. The summed E-state index contributed by atoms with van der Waals surface area (Å²) in [4.78, 5) is 10.2. The lowest BCUT2D eigenvalue weighted by atomic mass is 10.1.